The van der Waals surface area contributed by atoms with Crippen LogP contribution in [0, 0.1) is 5.92 Å². The van der Waals surface area contributed by atoms with E-state index in [9.17, 15) is 8.42 Å². The largest absolute Gasteiger partial charge is 0.326 e. The summed E-state index contributed by atoms with van der Waals surface area (Å²) in [5.41, 5.74) is 7.99. The number of hydrogen-bond acceptors (Lipinski definition) is 3. The molecule has 16 heavy (non-hydrogen) atoms. The smallest absolute Gasteiger partial charge is 0.150 e. The molecule has 2 N–H and O–H groups in total. The van der Waals surface area contributed by atoms with Crippen LogP contribution in [0.1, 0.15) is 17.5 Å². The molecule has 0 radical (unpaired) electrons. The van der Waals surface area contributed by atoms with Gasteiger partial charge in [0.15, 0.2) is 9.84 Å². The van der Waals surface area contributed by atoms with Crippen LogP contribution in [-0.4, -0.2) is 19.9 Å². The van der Waals surface area contributed by atoms with Gasteiger partial charge in [0, 0.05) is 6.54 Å². The van der Waals surface area contributed by atoms with Crippen molar-refractivity contribution in [3.05, 3.63) is 35.4 Å². The quantitative estimate of drug-likeness (QED) is 0.860. The van der Waals surface area contributed by atoms with Gasteiger partial charge in [-0.05, 0) is 29.9 Å². The SMILES string of the molecule is NCc1ccccc1CC1CCS(=O)(=O)C1. The fourth-order valence-electron chi connectivity index (χ4n) is 2.30. The summed E-state index contributed by atoms with van der Waals surface area (Å²) in [6.07, 6.45) is 1.63. The molecule has 0 aliphatic carbocycles. The van der Waals surface area contributed by atoms with E-state index >= 15 is 0 Å². The molecule has 1 unspecified atom stereocenters. The maximum absolute atomic E-state index is 11.4. The van der Waals surface area contributed by atoms with Gasteiger partial charge in [-0.25, -0.2) is 8.42 Å². The average molecular weight is 239 g/mol. The topological polar surface area (TPSA) is 60.2 Å². The van der Waals surface area contributed by atoms with E-state index in [2.05, 4.69) is 0 Å². The standard InChI is InChI=1S/C12H17NO2S/c13-8-12-4-2-1-3-11(12)7-10-5-6-16(14,15)9-10/h1-4,10H,5-9,13H2. The molecular weight excluding hydrogens is 222 g/mol. The van der Waals surface area contributed by atoms with Crippen molar-refractivity contribution < 1.29 is 8.42 Å². The summed E-state index contributed by atoms with van der Waals surface area (Å²) >= 11 is 0. The highest BCUT2D eigenvalue weighted by atomic mass is 32.2. The third kappa shape index (κ3) is 2.62. The Labute approximate surface area is 96.6 Å². The van der Waals surface area contributed by atoms with E-state index in [0.29, 0.717) is 18.1 Å². The van der Waals surface area contributed by atoms with Crippen LogP contribution in [0.5, 0.6) is 0 Å². The molecule has 1 atom stereocenters. The normalized spacial score (nSPS) is 23.4. The van der Waals surface area contributed by atoms with Crippen LogP contribution in [0.25, 0.3) is 0 Å². The Hall–Kier alpha value is -0.870. The zero-order chi connectivity index (χ0) is 11.6. The Balaban J connectivity index is 2.10. The van der Waals surface area contributed by atoms with Gasteiger partial charge in [0.25, 0.3) is 0 Å². The summed E-state index contributed by atoms with van der Waals surface area (Å²) in [5.74, 6) is 0.965. The zero-order valence-electron chi connectivity index (χ0n) is 9.22. The first-order valence-corrected chi connectivity index (χ1v) is 7.40. The summed E-state index contributed by atoms with van der Waals surface area (Å²) in [4.78, 5) is 0. The summed E-state index contributed by atoms with van der Waals surface area (Å²) in [5, 5.41) is 0. The van der Waals surface area contributed by atoms with Crippen LogP contribution < -0.4 is 5.73 Å². The fraction of sp³-hybridized carbons (Fsp3) is 0.500. The van der Waals surface area contributed by atoms with Crippen LogP contribution >= 0.6 is 0 Å². The van der Waals surface area contributed by atoms with Gasteiger partial charge in [0.1, 0.15) is 0 Å². The molecule has 1 aliphatic rings. The molecule has 0 aromatic heterocycles. The minimum Gasteiger partial charge on any atom is -0.326 e. The summed E-state index contributed by atoms with van der Waals surface area (Å²) in [6, 6.07) is 8.01. The van der Waals surface area contributed by atoms with Gasteiger partial charge in [-0.2, -0.15) is 0 Å². The van der Waals surface area contributed by atoms with Gasteiger partial charge in [-0.15, -0.1) is 0 Å². The zero-order valence-corrected chi connectivity index (χ0v) is 10.0. The Bertz CT molecular complexity index is 468. The average Bonchev–Trinajstić information content (AvgIpc) is 2.59. The molecule has 1 aromatic carbocycles. The number of nitrogens with two attached hydrogens (primary N) is 1. The highest BCUT2D eigenvalue weighted by Crippen LogP contribution is 2.23. The molecular formula is C12H17NO2S. The van der Waals surface area contributed by atoms with Crippen molar-refractivity contribution in [2.45, 2.75) is 19.4 Å². The molecule has 0 amide bonds. The van der Waals surface area contributed by atoms with Crippen molar-refractivity contribution in [1.29, 1.82) is 0 Å². The lowest BCUT2D eigenvalue weighted by Gasteiger charge is -2.11. The van der Waals surface area contributed by atoms with Crippen molar-refractivity contribution >= 4 is 9.84 Å². The van der Waals surface area contributed by atoms with Gasteiger partial charge in [0.2, 0.25) is 0 Å². The van der Waals surface area contributed by atoms with Crippen LogP contribution in [0.2, 0.25) is 0 Å². The van der Waals surface area contributed by atoms with Crippen LogP contribution in [-0.2, 0) is 22.8 Å². The predicted octanol–water partition coefficient (Wildman–Crippen LogP) is 1.12. The number of sulfone groups is 1. The van der Waals surface area contributed by atoms with Gasteiger partial charge in [0.05, 0.1) is 11.5 Å². The molecule has 1 fully saturated rings. The van der Waals surface area contributed by atoms with E-state index < -0.39 is 9.84 Å². The molecule has 0 saturated carbocycles. The summed E-state index contributed by atoms with van der Waals surface area (Å²) < 4.78 is 22.7. The molecule has 88 valence electrons. The van der Waals surface area contributed by atoms with Crippen molar-refractivity contribution in [3.8, 4) is 0 Å². The van der Waals surface area contributed by atoms with Gasteiger partial charge in [-0.1, -0.05) is 24.3 Å². The third-order valence-electron chi connectivity index (χ3n) is 3.17. The highest BCUT2D eigenvalue weighted by molar-refractivity contribution is 7.91. The maximum Gasteiger partial charge on any atom is 0.150 e. The molecule has 1 aliphatic heterocycles. The molecule has 0 spiro atoms. The Morgan fingerprint density at radius 3 is 2.50 bits per heavy atom. The van der Waals surface area contributed by atoms with Gasteiger partial charge in [-0.3, -0.25) is 0 Å². The molecule has 0 bridgehead atoms. The van der Waals surface area contributed by atoms with Crippen molar-refractivity contribution in [1.82, 2.24) is 0 Å². The second-order valence-corrected chi connectivity index (χ2v) is 6.67. The second kappa shape index (κ2) is 4.55. The monoisotopic (exact) mass is 239 g/mol. The Morgan fingerprint density at radius 1 is 1.25 bits per heavy atom. The van der Waals surface area contributed by atoms with Crippen molar-refractivity contribution in [2.24, 2.45) is 11.7 Å². The third-order valence-corrected chi connectivity index (χ3v) is 5.01. The molecule has 1 aromatic rings. The first-order valence-electron chi connectivity index (χ1n) is 5.58. The van der Waals surface area contributed by atoms with E-state index in [1.807, 2.05) is 24.3 Å². The second-order valence-electron chi connectivity index (χ2n) is 4.45. The number of hydrogen-bond donors (Lipinski definition) is 1. The van der Waals surface area contributed by atoms with E-state index in [1.165, 1.54) is 5.56 Å². The lowest BCUT2D eigenvalue weighted by molar-refractivity contribution is 0.581. The van der Waals surface area contributed by atoms with E-state index in [4.69, 9.17) is 5.73 Å². The van der Waals surface area contributed by atoms with E-state index in [1.54, 1.807) is 0 Å². The van der Waals surface area contributed by atoms with Crippen LogP contribution in [0.15, 0.2) is 24.3 Å². The van der Waals surface area contributed by atoms with Crippen LogP contribution in [0.4, 0.5) is 0 Å². The molecule has 1 saturated heterocycles. The van der Waals surface area contributed by atoms with Crippen molar-refractivity contribution in [2.75, 3.05) is 11.5 Å². The van der Waals surface area contributed by atoms with E-state index in [-0.39, 0.29) is 5.92 Å². The molecule has 2 rings (SSSR count). The van der Waals surface area contributed by atoms with Crippen LogP contribution in [0.3, 0.4) is 0 Å². The Morgan fingerprint density at radius 2 is 1.94 bits per heavy atom. The Kier molecular flexibility index (Phi) is 3.30. The highest BCUT2D eigenvalue weighted by Gasteiger charge is 2.28. The van der Waals surface area contributed by atoms with Gasteiger partial charge >= 0.3 is 0 Å². The lowest BCUT2D eigenvalue weighted by Crippen LogP contribution is -2.10. The first-order chi connectivity index (χ1) is 7.61. The first kappa shape index (κ1) is 11.6. The number of rotatable bonds is 3. The minimum atomic E-state index is -2.77. The number of benzene rings is 1. The van der Waals surface area contributed by atoms with Gasteiger partial charge < -0.3 is 5.73 Å². The minimum absolute atomic E-state index is 0.276. The maximum atomic E-state index is 11.4. The predicted molar refractivity (Wildman–Crippen MR) is 64.8 cm³/mol. The summed E-state index contributed by atoms with van der Waals surface area (Å²) in [7, 11) is -2.77. The van der Waals surface area contributed by atoms with Crippen molar-refractivity contribution in [3.63, 3.8) is 0 Å². The molecule has 4 heteroatoms. The fourth-order valence-corrected chi connectivity index (χ4v) is 4.16. The molecule has 1 heterocycles. The molecule has 3 nitrogen and oxygen atoms in total. The summed E-state index contributed by atoms with van der Waals surface area (Å²) in [6.45, 7) is 0.523. The lowest BCUT2D eigenvalue weighted by atomic mass is 9.95. The van der Waals surface area contributed by atoms with E-state index in [0.717, 1.165) is 18.4 Å².